The first-order valence-corrected chi connectivity index (χ1v) is 5.15. The SMILES string of the molecule is C.C[C@@H]1CCCN1C#N.Cc1n[nH]nc1C. The van der Waals surface area contributed by atoms with Crippen LogP contribution in [0.4, 0.5) is 0 Å². The highest BCUT2D eigenvalue weighted by molar-refractivity contribution is 5.01. The van der Waals surface area contributed by atoms with Crippen LogP contribution < -0.4 is 0 Å². The van der Waals surface area contributed by atoms with Crippen LogP contribution in [0, 0.1) is 25.3 Å². The molecule has 1 aromatic heterocycles. The lowest BCUT2D eigenvalue weighted by Crippen LogP contribution is -2.20. The molecule has 1 atom stereocenters. The molecule has 2 rings (SSSR count). The zero-order valence-corrected chi connectivity index (χ0v) is 9.49. The predicted molar refractivity (Wildman–Crippen MR) is 63.6 cm³/mol. The van der Waals surface area contributed by atoms with Crippen LogP contribution in [-0.2, 0) is 0 Å². The maximum Gasteiger partial charge on any atom is 0.179 e. The lowest BCUT2D eigenvalue weighted by Gasteiger charge is -2.10. The van der Waals surface area contributed by atoms with E-state index in [4.69, 9.17) is 5.26 Å². The van der Waals surface area contributed by atoms with Crippen molar-refractivity contribution in [3.05, 3.63) is 11.4 Å². The van der Waals surface area contributed by atoms with E-state index in [2.05, 4.69) is 28.5 Å². The summed E-state index contributed by atoms with van der Waals surface area (Å²) >= 11 is 0. The Labute approximate surface area is 97.5 Å². The van der Waals surface area contributed by atoms with E-state index in [1.807, 2.05) is 18.7 Å². The molecule has 5 nitrogen and oxygen atoms in total. The Morgan fingerprint density at radius 1 is 1.38 bits per heavy atom. The van der Waals surface area contributed by atoms with E-state index in [9.17, 15) is 0 Å². The molecular formula is C11H21N5. The summed E-state index contributed by atoms with van der Waals surface area (Å²) in [5.41, 5.74) is 1.94. The van der Waals surface area contributed by atoms with Gasteiger partial charge in [0, 0.05) is 12.6 Å². The second-order valence-corrected chi connectivity index (χ2v) is 3.78. The number of nitrogens with one attached hydrogen (secondary N) is 1. The molecule has 0 unspecified atom stereocenters. The number of aryl methyl sites for hydroxylation is 2. The van der Waals surface area contributed by atoms with Gasteiger partial charge in [-0.15, -0.1) is 0 Å². The van der Waals surface area contributed by atoms with E-state index in [-0.39, 0.29) is 7.43 Å². The Morgan fingerprint density at radius 2 is 1.94 bits per heavy atom. The molecule has 1 aliphatic heterocycles. The lowest BCUT2D eigenvalue weighted by atomic mass is 10.2. The number of aromatic amines is 1. The van der Waals surface area contributed by atoms with Crippen LogP contribution in [0.25, 0.3) is 0 Å². The second kappa shape index (κ2) is 6.83. The van der Waals surface area contributed by atoms with Crippen molar-refractivity contribution in [1.29, 1.82) is 5.26 Å². The summed E-state index contributed by atoms with van der Waals surface area (Å²) in [6, 6.07) is 0.500. The predicted octanol–water partition coefficient (Wildman–Crippen LogP) is 2.01. The molecule has 1 aliphatic rings. The number of hydrogen-bond acceptors (Lipinski definition) is 4. The van der Waals surface area contributed by atoms with Crippen LogP contribution in [0.2, 0.25) is 0 Å². The molecule has 0 aromatic carbocycles. The molecule has 1 saturated heterocycles. The molecule has 0 saturated carbocycles. The molecule has 1 fully saturated rings. The minimum absolute atomic E-state index is 0. The summed E-state index contributed by atoms with van der Waals surface area (Å²) in [5.74, 6) is 0. The minimum atomic E-state index is 0. The van der Waals surface area contributed by atoms with Gasteiger partial charge in [-0.25, -0.2) is 0 Å². The molecule has 5 heteroatoms. The molecule has 16 heavy (non-hydrogen) atoms. The number of nitriles is 1. The van der Waals surface area contributed by atoms with Gasteiger partial charge in [-0.05, 0) is 33.6 Å². The van der Waals surface area contributed by atoms with Crippen molar-refractivity contribution in [3.63, 3.8) is 0 Å². The summed E-state index contributed by atoms with van der Waals surface area (Å²) in [6.07, 6.45) is 4.52. The van der Waals surface area contributed by atoms with Crippen LogP contribution >= 0.6 is 0 Å². The van der Waals surface area contributed by atoms with Crippen LogP contribution in [0.1, 0.15) is 38.6 Å². The van der Waals surface area contributed by atoms with E-state index < -0.39 is 0 Å². The summed E-state index contributed by atoms with van der Waals surface area (Å²) in [6.45, 7) is 6.89. The topological polar surface area (TPSA) is 68.6 Å². The van der Waals surface area contributed by atoms with E-state index in [1.165, 1.54) is 12.8 Å². The highest BCUT2D eigenvalue weighted by Crippen LogP contribution is 2.13. The molecule has 90 valence electrons. The zero-order chi connectivity index (χ0) is 11.3. The Bertz CT molecular complexity index is 322. The van der Waals surface area contributed by atoms with Crippen molar-refractivity contribution in [1.82, 2.24) is 20.3 Å². The normalized spacial score (nSPS) is 18.1. The van der Waals surface area contributed by atoms with Crippen LogP contribution in [0.5, 0.6) is 0 Å². The summed E-state index contributed by atoms with van der Waals surface area (Å²) in [4.78, 5) is 1.83. The first-order chi connectivity index (χ1) is 7.15. The summed E-state index contributed by atoms with van der Waals surface area (Å²) in [5, 5.41) is 18.5. The number of nitrogens with zero attached hydrogens (tertiary/aromatic N) is 4. The van der Waals surface area contributed by atoms with E-state index in [0.29, 0.717) is 6.04 Å². The average Bonchev–Trinajstić information content (AvgIpc) is 2.78. The van der Waals surface area contributed by atoms with Crippen molar-refractivity contribution in [2.24, 2.45) is 0 Å². The largest absolute Gasteiger partial charge is 0.308 e. The smallest absolute Gasteiger partial charge is 0.179 e. The standard InChI is InChI=1S/C6H10N2.C4H7N3.CH4/c1-6-3-2-4-8(6)5-7;1-3-4(2)6-7-5-3;/h6H,2-4H2,1H3;1-2H3,(H,5,6,7);1H4/t6-;;/m1../s1. The zero-order valence-electron chi connectivity index (χ0n) is 9.49. The third-order valence-corrected chi connectivity index (χ3v) is 2.64. The first-order valence-electron chi connectivity index (χ1n) is 5.15. The second-order valence-electron chi connectivity index (χ2n) is 3.78. The highest BCUT2D eigenvalue weighted by atomic mass is 15.3. The van der Waals surface area contributed by atoms with Gasteiger partial charge in [-0.2, -0.15) is 20.7 Å². The fourth-order valence-corrected chi connectivity index (χ4v) is 1.42. The van der Waals surface area contributed by atoms with Gasteiger partial charge in [0.1, 0.15) is 0 Å². The third-order valence-electron chi connectivity index (χ3n) is 2.64. The fourth-order valence-electron chi connectivity index (χ4n) is 1.42. The summed E-state index contributed by atoms with van der Waals surface area (Å²) in [7, 11) is 0. The van der Waals surface area contributed by atoms with Gasteiger partial charge in [0.05, 0.1) is 11.4 Å². The van der Waals surface area contributed by atoms with Crippen molar-refractivity contribution >= 4 is 0 Å². The quantitative estimate of drug-likeness (QED) is 0.683. The van der Waals surface area contributed by atoms with E-state index in [0.717, 1.165) is 17.9 Å². The molecule has 2 heterocycles. The lowest BCUT2D eigenvalue weighted by molar-refractivity contribution is 0.388. The molecule has 0 bridgehead atoms. The maximum absolute atomic E-state index is 8.41. The number of likely N-dealkylation sites (tertiary alicyclic amines) is 1. The monoisotopic (exact) mass is 223 g/mol. The van der Waals surface area contributed by atoms with Crippen molar-refractivity contribution in [2.45, 2.75) is 47.1 Å². The Kier molecular flexibility index (Phi) is 6.16. The average molecular weight is 223 g/mol. The molecule has 0 amide bonds. The molecule has 0 spiro atoms. The number of aromatic nitrogens is 3. The van der Waals surface area contributed by atoms with Gasteiger partial charge in [-0.3, -0.25) is 0 Å². The summed E-state index contributed by atoms with van der Waals surface area (Å²) < 4.78 is 0. The van der Waals surface area contributed by atoms with Gasteiger partial charge >= 0.3 is 0 Å². The Hall–Kier alpha value is -1.57. The van der Waals surface area contributed by atoms with Gasteiger partial charge in [0.25, 0.3) is 0 Å². The fraction of sp³-hybridized carbons (Fsp3) is 0.727. The van der Waals surface area contributed by atoms with Crippen molar-refractivity contribution in [2.75, 3.05) is 6.54 Å². The number of hydrogen-bond donors (Lipinski definition) is 1. The minimum Gasteiger partial charge on any atom is -0.308 e. The van der Waals surface area contributed by atoms with Gasteiger partial charge < -0.3 is 4.90 Å². The van der Waals surface area contributed by atoms with E-state index in [1.54, 1.807) is 0 Å². The van der Waals surface area contributed by atoms with Gasteiger partial charge in [0.15, 0.2) is 6.19 Å². The molecule has 0 radical (unpaired) electrons. The third kappa shape index (κ3) is 3.89. The highest BCUT2D eigenvalue weighted by Gasteiger charge is 2.17. The van der Waals surface area contributed by atoms with Crippen molar-refractivity contribution in [3.8, 4) is 6.19 Å². The molecule has 1 N–H and O–H groups in total. The van der Waals surface area contributed by atoms with Crippen LogP contribution in [-0.4, -0.2) is 32.9 Å². The molecule has 0 aliphatic carbocycles. The maximum atomic E-state index is 8.41. The van der Waals surface area contributed by atoms with Crippen LogP contribution in [0.3, 0.4) is 0 Å². The van der Waals surface area contributed by atoms with Gasteiger partial charge in [-0.1, -0.05) is 7.43 Å². The number of rotatable bonds is 0. The first kappa shape index (κ1) is 14.4. The Balaban J connectivity index is 0.000000267. The van der Waals surface area contributed by atoms with E-state index >= 15 is 0 Å². The number of H-pyrrole nitrogens is 1. The molecule has 1 aromatic rings. The van der Waals surface area contributed by atoms with Crippen LogP contribution in [0.15, 0.2) is 0 Å². The molecular weight excluding hydrogens is 202 g/mol. The Morgan fingerprint density at radius 3 is 2.12 bits per heavy atom. The van der Waals surface area contributed by atoms with Gasteiger partial charge in [0.2, 0.25) is 0 Å². The van der Waals surface area contributed by atoms with Crippen molar-refractivity contribution < 1.29 is 0 Å².